The van der Waals surface area contributed by atoms with Gasteiger partial charge in [-0.1, -0.05) is 12.1 Å². The number of fused-ring (bicyclic) bond motifs is 1. The van der Waals surface area contributed by atoms with E-state index in [1.54, 1.807) is 17.4 Å². The molecule has 0 atom stereocenters. The number of benzene rings is 1. The number of thiophene rings is 1. The highest BCUT2D eigenvalue weighted by Crippen LogP contribution is 2.14. The van der Waals surface area contributed by atoms with Crippen LogP contribution in [0.5, 0.6) is 0 Å². The van der Waals surface area contributed by atoms with E-state index in [0.29, 0.717) is 11.3 Å². The van der Waals surface area contributed by atoms with Gasteiger partial charge >= 0.3 is 0 Å². The number of para-hydroxylation sites is 1. The van der Waals surface area contributed by atoms with Crippen molar-refractivity contribution in [2.45, 2.75) is 6.54 Å². The molecule has 0 bridgehead atoms. The predicted molar refractivity (Wildman–Crippen MR) is 78.8 cm³/mol. The molecule has 5 heteroatoms. The summed E-state index contributed by atoms with van der Waals surface area (Å²) in [4.78, 5) is 21.2. The average Bonchev–Trinajstić information content (AvgIpc) is 2.91. The molecule has 3 aromatic rings. The highest BCUT2D eigenvalue weighted by Gasteiger charge is 2.08. The molecular formula is C14H13N3OS. The molecule has 0 spiro atoms. The third kappa shape index (κ3) is 2.37. The van der Waals surface area contributed by atoms with Gasteiger partial charge in [-0.3, -0.25) is 9.78 Å². The smallest absolute Gasteiger partial charge is 0.260 e. The summed E-state index contributed by atoms with van der Waals surface area (Å²) in [5.41, 5.74) is 1.83. The van der Waals surface area contributed by atoms with E-state index in [2.05, 4.69) is 21.4 Å². The van der Waals surface area contributed by atoms with Crippen LogP contribution in [0.15, 0.2) is 45.9 Å². The number of nitrogens with one attached hydrogen (secondary N) is 1. The van der Waals surface area contributed by atoms with E-state index in [9.17, 15) is 4.79 Å². The first-order chi connectivity index (χ1) is 9.24. The Morgan fingerprint density at radius 1 is 1.32 bits per heavy atom. The van der Waals surface area contributed by atoms with E-state index in [4.69, 9.17) is 0 Å². The van der Waals surface area contributed by atoms with Crippen LogP contribution in [0.25, 0.3) is 10.9 Å². The SMILES string of the molecule is CN(Cc1ccsc1)c1nc2ccccc2c(=O)[nH]1. The summed E-state index contributed by atoms with van der Waals surface area (Å²) in [7, 11) is 1.92. The lowest BCUT2D eigenvalue weighted by atomic mass is 10.2. The molecule has 0 amide bonds. The number of rotatable bonds is 3. The first kappa shape index (κ1) is 11.9. The molecule has 1 N–H and O–H groups in total. The third-order valence-corrected chi connectivity index (χ3v) is 3.69. The molecule has 0 fully saturated rings. The van der Waals surface area contributed by atoms with Crippen molar-refractivity contribution in [3.8, 4) is 0 Å². The molecule has 0 aliphatic carbocycles. The zero-order chi connectivity index (χ0) is 13.2. The van der Waals surface area contributed by atoms with Crippen molar-refractivity contribution in [3.05, 3.63) is 57.0 Å². The van der Waals surface area contributed by atoms with Crippen molar-refractivity contribution < 1.29 is 0 Å². The maximum Gasteiger partial charge on any atom is 0.260 e. The van der Waals surface area contributed by atoms with Crippen molar-refractivity contribution in [1.29, 1.82) is 0 Å². The molecule has 3 rings (SSSR count). The van der Waals surface area contributed by atoms with Gasteiger partial charge in [0.05, 0.1) is 10.9 Å². The standard InChI is InChI=1S/C14H13N3OS/c1-17(8-10-6-7-19-9-10)14-15-12-5-3-2-4-11(12)13(18)16-14/h2-7,9H,8H2,1H3,(H,15,16,18). The quantitative estimate of drug-likeness (QED) is 0.796. The second-order valence-corrected chi connectivity index (χ2v) is 5.17. The van der Waals surface area contributed by atoms with E-state index in [1.165, 1.54) is 5.56 Å². The fraction of sp³-hybridized carbons (Fsp3) is 0.143. The van der Waals surface area contributed by atoms with Crippen LogP contribution in [0.3, 0.4) is 0 Å². The number of hydrogen-bond donors (Lipinski definition) is 1. The lowest BCUT2D eigenvalue weighted by Crippen LogP contribution is -2.22. The van der Waals surface area contributed by atoms with E-state index in [1.807, 2.05) is 35.5 Å². The molecular weight excluding hydrogens is 258 g/mol. The minimum absolute atomic E-state index is 0.0993. The van der Waals surface area contributed by atoms with Gasteiger partial charge in [-0.2, -0.15) is 11.3 Å². The van der Waals surface area contributed by atoms with Crippen LogP contribution in [0.4, 0.5) is 5.95 Å². The fourth-order valence-corrected chi connectivity index (χ4v) is 2.65. The fourth-order valence-electron chi connectivity index (χ4n) is 1.99. The molecule has 1 aromatic carbocycles. The normalized spacial score (nSPS) is 10.8. The van der Waals surface area contributed by atoms with E-state index in [0.717, 1.165) is 12.1 Å². The summed E-state index contributed by atoms with van der Waals surface area (Å²) < 4.78 is 0. The van der Waals surface area contributed by atoms with Gasteiger partial charge in [0.2, 0.25) is 5.95 Å². The second kappa shape index (κ2) is 4.85. The Kier molecular flexibility index (Phi) is 3.05. The molecule has 0 saturated heterocycles. The van der Waals surface area contributed by atoms with Gasteiger partial charge in [0.15, 0.2) is 0 Å². The lowest BCUT2D eigenvalue weighted by molar-refractivity contribution is 0.871. The summed E-state index contributed by atoms with van der Waals surface area (Å²) in [5.74, 6) is 0.593. The van der Waals surface area contributed by atoms with Crippen LogP contribution in [-0.4, -0.2) is 17.0 Å². The molecule has 4 nitrogen and oxygen atoms in total. The van der Waals surface area contributed by atoms with E-state index < -0.39 is 0 Å². The molecule has 0 unspecified atom stereocenters. The largest absolute Gasteiger partial charge is 0.341 e. The van der Waals surface area contributed by atoms with Gasteiger partial charge in [-0.05, 0) is 34.5 Å². The van der Waals surface area contributed by atoms with Gasteiger partial charge in [0.1, 0.15) is 0 Å². The van der Waals surface area contributed by atoms with Gasteiger partial charge in [-0.15, -0.1) is 0 Å². The van der Waals surface area contributed by atoms with Crippen molar-refractivity contribution >= 4 is 28.2 Å². The molecule has 0 saturated carbocycles. The highest BCUT2D eigenvalue weighted by atomic mass is 32.1. The van der Waals surface area contributed by atoms with Crippen LogP contribution in [0.2, 0.25) is 0 Å². The molecule has 0 aliphatic heterocycles. The monoisotopic (exact) mass is 271 g/mol. The van der Waals surface area contributed by atoms with Gasteiger partial charge in [0, 0.05) is 13.6 Å². The third-order valence-electron chi connectivity index (χ3n) is 2.96. The first-order valence-corrected chi connectivity index (χ1v) is 6.89. The van der Waals surface area contributed by atoms with E-state index >= 15 is 0 Å². The number of H-pyrrole nitrogens is 1. The first-order valence-electron chi connectivity index (χ1n) is 5.95. The summed E-state index contributed by atoms with van der Waals surface area (Å²) >= 11 is 1.66. The highest BCUT2D eigenvalue weighted by molar-refractivity contribution is 7.07. The number of aromatic amines is 1. The predicted octanol–water partition coefficient (Wildman–Crippen LogP) is 2.62. The maximum absolute atomic E-state index is 12.0. The summed E-state index contributed by atoms with van der Waals surface area (Å²) in [6, 6.07) is 9.43. The van der Waals surface area contributed by atoms with Crippen LogP contribution < -0.4 is 10.5 Å². The van der Waals surface area contributed by atoms with Gasteiger partial charge in [-0.25, -0.2) is 4.98 Å². The van der Waals surface area contributed by atoms with Gasteiger partial charge < -0.3 is 4.90 Å². The Hall–Kier alpha value is -2.14. The molecule has 19 heavy (non-hydrogen) atoms. The average molecular weight is 271 g/mol. The molecule has 0 radical (unpaired) electrons. The van der Waals surface area contributed by atoms with Crippen LogP contribution in [-0.2, 0) is 6.54 Å². The maximum atomic E-state index is 12.0. The number of aromatic nitrogens is 2. The van der Waals surface area contributed by atoms with Crippen molar-refractivity contribution in [2.75, 3.05) is 11.9 Å². The zero-order valence-corrected chi connectivity index (χ0v) is 11.3. The Morgan fingerprint density at radius 2 is 2.16 bits per heavy atom. The van der Waals surface area contributed by atoms with Crippen molar-refractivity contribution in [2.24, 2.45) is 0 Å². The molecule has 96 valence electrons. The Bertz CT molecular complexity index is 749. The van der Waals surface area contributed by atoms with Crippen LogP contribution in [0, 0.1) is 0 Å². The number of nitrogens with zero attached hydrogens (tertiary/aromatic N) is 2. The van der Waals surface area contributed by atoms with Crippen LogP contribution in [0.1, 0.15) is 5.56 Å². The second-order valence-electron chi connectivity index (χ2n) is 4.39. The summed E-state index contributed by atoms with van der Waals surface area (Å²) in [6.07, 6.45) is 0. The number of hydrogen-bond acceptors (Lipinski definition) is 4. The summed E-state index contributed by atoms with van der Waals surface area (Å²) in [5, 5.41) is 4.75. The molecule has 2 aromatic heterocycles. The molecule has 2 heterocycles. The van der Waals surface area contributed by atoms with Crippen molar-refractivity contribution in [1.82, 2.24) is 9.97 Å². The Labute approximate surface area is 114 Å². The topological polar surface area (TPSA) is 49.0 Å². The number of anilines is 1. The minimum atomic E-state index is -0.0993. The van der Waals surface area contributed by atoms with E-state index in [-0.39, 0.29) is 5.56 Å². The van der Waals surface area contributed by atoms with Crippen molar-refractivity contribution in [3.63, 3.8) is 0 Å². The zero-order valence-electron chi connectivity index (χ0n) is 10.5. The Balaban J connectivity index is 1.98. The molecule has 0 aliphatic rings. The Morgan fingerprint density at radius 3 is 2.95 bits per heavy atom. The minimum Gasteiger partial charge on any atom is -0.341 e. The lowest BCUT2D eigenvalue weighted by Gasteiger charge is -2.17. The van der Waals surface area contributed by atoms with Gasteiger partial charge in [0.25, 0.3) is 5.56 Å². The summed E-state index contributed by atoms with van der Waals surface area (Å²) in [6.45, 7) is 0.727. The van der Waals surface area contributed by atoms with Crippen LogP contribution >= 0.6 is 11.3 Å².